The molecule has 0 saturated carbocycles. The number of nitrogens with zero attached hydrogens (tertiary/aromatic N) is 1. The molecule has 1 aliphatic carbocycles. The van der Waals surface area contributed by atoms with Crippen LogP contribution in [0.5, 0.6) is 0 Å². The molecule has 2 fully saturated rings. The third kappa shape index (κ3) is 3.10. The molecule has 2 heterocycles. The van der Waals surface area contributed by atoms with Crippen molar-refractivity contribution < 1.29 is 9.47 Å². The molecule has 2 saturated heterocycles. The highest BCUT2D eigenvalue weighted by Gasteiger charge is 2.55. The maximum atomic E-state index is 6.08. The first-order valence-electron chi connectivity index (χ1n) is 7.46. The smallest absolute Gasteiger partial charge is 0.171 e. The molecule has 3 aliphatic rings. The molecule has 4 nitrogen and oxygen atoms in total. The van der Waals surface area contributed by atoms with E-state index in [1.165, 1.54) is 5.57 Å². The van der Waals surface area contributed by atoms with E-state index in [0.29, 0.717) is 0 Å². The lowest BCUT2D eigenvalue weighted by Crippen LogP contribution is -2.44. The largest absolute Gasteiger partial charge is 0.379 e. The van der Waals surface area contributed by atoms with Crippen LogP contribution in [0.1, 0.15) is 13.3 Å². The van der Waals surface area contributed by atoms with Gasteiger partial charge in [0.15, 0.2) is 5.72 Å². The Kier molecular flexibility index (Phi) is 4.48. The minimum atomic E-state index is -0.278. The average molecular weight is 299 g/mol. The highest BCUT2D eigenvalue weighted by molar-refractivity contribution is 6.22. The predicted octanol–water partition coefficient (Wildman–Crippen LogP) is 1.52. The van der Waals surface area contributed by atoms with Gasteiger partial charge in [-0.2, -0.15) is 0 Å². The minimum absolute atomic E-state index is 0.123. The van der Waals surface area contributed by atoms with Gasteiger partial charge in [0.25, 0.3) is 0 Å². The molecule has 3 unspecified atom stereocenters. The van der Waals surface area contributed by atoms with Gasteiger partial charge in [-0.25, -0.2) is 0 Å². The normalized spacial score (nSPS) is 37.8. The summed E-state index contributed by atoms with van der Waals surface area (Å²) in [6, 6.07) is 0. The molecule has 0 aromatic carbocycles. The van der Waals surface area contributed by atoms with E-state index in [-0.39, 0.29) is 17.2 Å². The van der Waals surface area contributed by atoms with E-state index < -0.39 is 0 Å². The van der Waals surface area contributed by atoms with Gasteiger partial charge < -0.3 is 9.47 Å². The number of hydrogen-bond donors (Lipinski definition) is 1. The monoisotopic (exact) mass is 298 g/mol. The van der Waals surface area contributed by atoms with Crippen LogP contribution >= 0.6 is 11.6 Å². The number of nitrogens with one attached hydrogen (secondary N) is 1. The molecule has 3 atom stereocenters. The number of alkyl halides is 1. The molecule has 0 spiro atoms. The first-order valence-corrected chi connectivity index (χ1v) is 7.90. The fraction of sp³-hybridized carbons (Fsp3) is 0.733. The minimum Gasteiger partial charge on any atom is -0.379 e. The summed E-state index contributed by atoms with van der Waals surface area (Å²) in [6.07, 6.45) is 7.47. The van der Waals surface area contributed by atoms with Crippen LogP contribution < -0.4 is 5.32 Å². The zero-order valence-corrected chi connectivity index (χ0v) is 12.7. The van der Waals surface area contributed by atoms with E-state index in [1.807, 2.05) is 0 Å². The number of allylic oxidation sites excluding steroid dienone is 2. The topological polar surface area (TPSA) is 37.0 Å². The van der Waals surface area contributed by atoms with Crippen LogP contribution in [-0.2, 0) is 9.47 Å². The van der Waals surface area contributed by atoms with Crippen molar-refractivity contribution in [2.45, 2.75) is 30.6 Å². The van der Waals surface area contributed by atoms with Crippen molar-refractivity contribution in [3.63, 3.8) is 0 Å². The van der Waals surface area contributed by atoms with Crippen molar-refractivity contribution in [2.24, 2.45) is 0 Å². The molecule has 1 N–H and O–H groups in total. The zero-order chi connectivity index (χ0) is 14.0. The highest BCUT2D eigenvalue weighted by Crippen LogP contribution is 2.42. The van der Waals surface area contributed by atoms with E-state index in [4.69, 9.17) is 21.1 Å². The second-order valence-corrected chi connectivity index (χ2v) is 6.21. The SMILES string of the molecule is CC1OC1(NCCN1CCOCC1)C1=CCC(Cl)C=C1. The molecule has 5 heteroatoms. The van der Waals surface area contributed by atoms with Crippen molar-refractivity contribution in [2.75, 3.05) is 39.4 Å². The van der Waals surface area contributed by atoms with Gasteiger partial charge in [-0.15, -0.1) is 11.6 Å². The Hall–Kier alpha value is -0.390. The van der Waals surface area contributed by atoms with E-state index >= 15 is 0 Å². The summed E-state index contributed by atoms with van der Waals surface area (Å²) in [5.74, 6) is 0. The van der Waals surface area contributed by atoms with Crippen LogP contribution in [0.25, 0.3) is 0 Å². The van der Waals surface area contributed by atoms with Crippen molar-refractivity contribution in [3.8, 4) is 0 Å². The Bertz CT molecular complexity index is 407. The van der Waals surface area contributed by atoms with Crippen LogP contribution in [0.4, 0.5) is 0 Å². The average Bonchev–Trinajstić information content (AvgIpc) is 3.12. The summed E-state index contributed by atoms with van der Waals surface area (Å²) in [4.78, 5) is 2.43. The summed E-state index contributed by atoms with van der Waals surface area (Å²) in [7, 11) is 0. The molecule has 0 radical (unpaired) electrons. The Balaban J connectivity index is 1.51. The molecule has 2 aliphatic heterocycles. The van der Waals surface area contributed by atoms with Crippen molar-refractivity contribution >= 4 is 11.6 Å². The number of ether oxygens (including phenoxy) is 2. The molecular formula is C15H23ClN2O2. The molecule has 0 bridgehead atoms. The van der Waals surface area contributed by atoms with Gasteiger partial charge >= 0.3 is 0 Å². The third-order valence-electron chi connectivity index (χ3n) is 4.27. The van der Waals surface area contributed by atoms with Crippen molar-refractivity contribution in [1.82, 2.24) is 10.2 Å². The Morgan fingerprint density at radius 3 is 2.80 bits per heavy atom. The van der Waals surface area contributed by atoms with E-state index in [0.717, 1.165) is 45.8 Å². The van der Waals surface area contributed by atoms with Crippen LogP contribution in [0.2, 0.25) is 0 Å². The van der Waals surface area contributed by atoms with Crippen LogP contribution in [0.15, 0.2) is 23.8 Å². The summed E-state index contributed by atoms with van der Waals surface area (Å²) in [5.41, 5.74) is 0.948. The highest BCUT2D eigenvalue weighted by atomic mass is 35.5. The predicted molar refractivity (Wildman–Crippen MR) is 80.0 cm³/mol. The zero-order valence-electron chi connectivity index (χ0n) is 12.0. The second-order valence-electron chi connectivity index (χ2n) is 5.65. The standard InChI is InChI=1S/C15H23ClN2O2/c1-12-15(20-12,13-2-4-14(16)5-3-13)17-6-7-18-8-10-19-11-9-18/h2-4,12,14,17H,5-11H2,1H3. The van der Waals surface area contributed by atoms with Gasteiger partial charge in [-0.1, -0.05) is 18.2 Å². The van der Waals surface area contributed by atoms with E-state index in [9.17, 15) is 0 Å². The molecule has 3 rings (SSSR count). The number of morpholine rings is 1. The van der Waals surface area contributed by atoms with Gasteiger partial charge in [-0.3, -0.25) is 10.2 Å². The summed E-state index contributed by atoms with van der Waals surface area (Å²) in [6.45, 7) is 7.84. The Labute approximate surface area is 125 Å². The molecule has 112 valence electrons. The van der Waals surface area contributed by atoms with Gasteiger partial charge in [0.1, 0.15) is 6.10 Å². The van der Waals surface area contributed by atoms with Gasteiger partial charge in [0, 0.05) is 26.2 Å². The van der Waals surface area contributed by atoms with Crippen molar-refractivity contribution in [3.05, 3.63) is 23.8 Å². The lowest BCUT2D eigenvalue weighted by atomic mass is 9.97. The lowest BCUT2D eigenvalue weighted by molar-refractivity contribution is 0.0376. The Morgan fingerprint density at radius 2 is 2.20 bits per heavy atom. The number of hydrogen-bond acceptors (Lipinski definition) is 4. The number of rotatable bonds is 5. The summed E-state index contributed by atoms with van der Waals surface area (Å²) >= 11 is 6.08. The maximum absolute atomic E-state index is 6.08. The summed E-state index contributed by atoms with van der Waals surface area (Å²) in [5, 5.41) is 3.71. The number of halogens is 1. The molecule has 20 heavy (non-hydrogen) atoms. The molecular weight excluding hydrogens is 276 g/mol. The maximum Gasteiger partial charge on any atom is 0.171 e. The van der Waals surface area contributed by atoms with Crippen LogP contribution in [0.3, 0.4) is 0 Å². The lowest BCUT2D eigenvalue weighted by Gasteiger charge is -2.27. The third-order valence-corrected chi connectivity index (χ3v) is 4.60. The van der Waals surface area contributed by atoms with E-state index in [1.54, 1.807) is 0 Å². The second kappa shape index (κ2) is 6.16. The molecule has 0 aromatic heterocycles. The fourth-order valence-corrected chi connectivity index (χ4v) is 3.09. The molecule has 0 aromatic rings. The van der Waals surface area contributed by atoms with Gasteiger partial charge in [0.05, 0.1) is 18.6 Å². The molecule has 0 amide bonds. The van der Waals surface area contributed by atoms with E-state index in [2.05, 4.69) is 35.4 Å². The fourth-order valence-electron chi connectivity index (χ4n) is 2.93. The van der Waals surface area contributed by atoms with Crippen molar-refractivity contribution in [1.29, 1.82) is 0 Å². The quantitative estimate of drug-likeness (QED) is 0.617. The first-order chi connectivity index (χ1) is 9.71. The number of epoxide rings is 1. The van der Waals surface area contributed by atoms with Crippen LogP contribution in [-0.4, -0.2) is 61.5 Å². The van der Waals surface area contributed by atoms with Gasteiger partial charge in [0.2, 0.25) is 0 Å². The van der Waals surface area contributed by atoms with Crippen LogP contribution in [0, 0.1) is 0 Å². The van der Waals surface area contributed by atoms with Gasteiger partial charge in [-0.05, 0) is 18.9 Å². The first kappa shape index (κ1) is 14.5. The summed E-state index contributed by atoms with van der Waals surface area (Å²) < 4.78 is 11.2. The Morgan fingerprint density at radius 1 is 1.45 bits per heavy atom.